The molecule has 0 spiro atoms. The summed E-state index contributed by atoms with van der Waals surface area (Å²) in [7, 11) is 0. The molecule has 4 rings (SSSR count). The number of aliphatic hydroxyl groups excluding tert-OH is 3. The van der Waals surface area contributed by atoms with Crippen LogP contribution in [-0.2, 0) is 16.7 Å². The van der Waals surface area contributed by atoms with Crippen LogP contribution in [0.25, 0.3) is 11.2 Å². The number of hydrogen-bond donors (Lipinski definition) is 4. The van der Waals surface area contributed by atoms with Crippen LogP contribution in [-0.4, -0.2) is 59.8 Å². The van der Waals surface area contributed by atoms with Gasteiger partial charge in [-0.1, -0.05) is 45.0 Å². The molecule has 9 heteroatoms. The summed E-state index contributed by atoms with van der Waals surface area (Å²) < 4.78 is 7.13. The lowest BCUT2D eigenvalue weighted by Crippen LogP contribution is -2.33. The van der Waals surface area contributed by atoms with Crippen molar-refractivity contribution in [1.82, 2.24) is 19.5 Å². The summed E-state index contributed by atoms with van der Waals surface area (Å²) in [5.74, 6) is 0.561. The van der Waals surface area contributed by atoms with Gasteiger partial charge in [-0.3, -0.25) is 4.57 Å². The second-order valence-corrected chi connectivity index (χ2v) is 8.58. The number of hydrogen-bond acceptors (Lipinski definition) is 8. The van der Waals surface area contributed by atoms with Crippen molar-refractivity contribution in [3.63, 3.8) is 0 Å². The molecule has 30 heavy (non-hydrogen) atoms. The maximum atomic E-state index is 10.3. The molecule has 0 unspecified atom stereocenters. The molecule has 0 saturated carbocycles. The van der Waals surface area contributed by atoms with E-state index in [1.165, 1.54) is 18.2 Å². The third-order valence-electron chi connectivity index (χ3n) is 5.43. The molecule has 2 aromatic heterocycles. The second kappa shape index (κ2) is 7.92. The van der Waals surface area contributed by atoms with Gasteiger partial charge in [-0.2, -0.15) is 0 Å². The number of rotatable bonds is 5. The third kappa shape index (κ3) is 3.77. The predicted octanol–water partition coefficient (Wildman–Crippen LogP) is 1.35. The fourth-order valence-electron chi connectivity index (χ4n) is 3.59. The van der Waals surface area contributed by atoms with Crippen LogP contribution in [0.1, 0.15) is 38.1 Å². The number of anilines is 1. The van der Waals surface area contributed by atoms with E-state index in [9.17, 15) is 15.3 Å². The Morgan fingerprint density at radius 1 is 1.07 bits per heavy atom. The lowest BCUT2D eigenvalue weighted by molar-refractivity contribution is -0.0511. The number of aliphatic hydroxyl groups is 3. The molecule has 1 aliphatic rings. The first-order chi connectivity index (χ1) is 14.3. The van der Waals surface area contributed by atoms with E-state index in [1.54, 1.807) is 4.57 Å². The molecule has 0 amide bonds. The van der Waals surface area contributed by atoms with E-state index < -0.39 is 31.1 Å². The molecule has 0 aliphatic carbocycles. The van der Waals surface area contributed by atoms with Crippen molar-refractivity contribution in [3.8, 4) is 0 Å². The number of nitrogens with zero attached hydrogens (tertiary/aromatic N) is 4. The predicted molar refractivity (Wildman–Crippen MR) is 111 cm³/mol. The Morgan fingerprint density at radius 3 is 2.43 bits per heavy atom. The van der Waals surface area contributed by atoms with Crippen molar-refractivity contribution in [2.75, 3.05) is 11.9 Å². The number of ether oxygens (including phenoxy) is 1. The van der Waals surface area contributed by atoms with Crippen molar-refractivity contribution in [1.29, 1.82) is 0 Å². The lowest BCUT2D eigenvalue weighted by Gasteiger charge is -2.19. The zero-order valence-electron chi connectivity index (χ0n) is 17.2. The van der Waals surface area contributed by atoms with Crippen molar-refractivity contribution in [3.05, 3.63) is 48.0 Å². The summed E-state index contributed by atoms with van der Waals surface area (Å²) in [6.45, 7) is 6.72. The van der Waals surface area contributed by atoms with Crippen LogP contribution in [0.15, 0.2) is 36.9 Å². The van der Waals surface area contributed by atoms with Crippen LogP contribution in [0.2, 0.25) is 0 Å². The van der Waals surface area contributed by atoms with Gasteiger partial charge in [0.1, 0.15) is 24.6 Å². The maximum absolute atomic E-state index is 10.3. The molecule has 160 valence electrons. The van der Waals surface area contributed by atoms with Crippen molar-refractivity contribution >= 4 is 17.0 Å². The number of fused-ring (bicyclic) bond motifs is 1. The molecule has 3 aromatic rings. The Kier molecular flexibility index (Phi) is 5.46. The largest absolute Gasteiger partial charge is 0.394 e. The smallest absolute Gasteiger partial charge is 0.167 e. The van der Waals surface area contributed by atoms with Crippen LogP contribution in [0, 0.1) is 0 Å². The molecule has 0 bridgehead atoms. The Labute approximate surface area is 174 Å². The zero-order chi connectivity index (χ0) is 21.5. The van der Waals surface area contributed by atoms with Gasteiger partial charge in [0, 0.05) is 6.54 Å². The summed E-state index contributed by atoms with van der Waals surface area (Å²) in [5, 5.41) is 32.9. The Balaban J connectivity index is 1.54. The summed E-state index contributed by atoms with van der Waals surface area (Å²) in [6.07, 6.45) is -1.25. The average Bonchev–Trinajstić information content (AvgIpc) is 3.27. The SMILES string of the molecule is CC(C)(C)c1ccc(CNc2ncnc3c2ncn3[C@@H]2O[C@H](CO)[C@@H](O)[C@H]2O)cc1. The first kappa shape index (κ1) is 20.7. The summed E-state index contributed by atoms with van der Waals surface area (Å²) >= 11 is 0. The highest BCUT2D eigenvalue weighted by Gasteiger charge is 2.44. The minimum atomic E-state index is -1.20. The van der Waals surface area contributed by atoms with E-state index in [4.69, 9.17) is 4.74 Å². The first-order valence-electron chi connectivity index (χ1n) is 9.93. The fraction of sp³-hybridized carbons (Fsp3) is 0.476. The van der Waals surface area contributed by atoms with Gasteiger partial charge in [-0.05, 0) is 16.5 Å². The molecule has 0 radical (unpaired) electrons. The molecule has 4 N–H and O–H groups in total. The van der Waals surface area contributed by atoms with Crippen molar-refractivity contribution in [2.24, 2.45) is 0 Å². The van der Waals surface area contributed by atoms with E-state index >= 15 is 0 Å². The number of benzene rings is 1. The topological polar surface area (TPSA) is 126 Å². The maximum Gasteiger partial charge on any atom is 0.167 e. The van der Waals surface area contributed by atoms with Gasteiger partial charge in [0.2, 0.25) is 0 Å². The van der Waals surface area contributed by atoms with Crippen molar-refractivity contribution in [2.45, 2.75) is 57.3 Å². The van der Waals surface area contributed by atoms with Crippen molar-refractivity contribution < 1.29 is 20.1 Å². The number of nitrogens with one attached hydrogen (secondary N) is 1. The number of aromatic nitrogens is 4. The van der Waals surface area contributed by atoms with E-state index in [0.717, 1.165) is 5.56 Å². The van der Waals surface area contributed by atoms with Gasteiger partial charge in [0.15, 0.2) is 23.2 Å². The summed E-state index contributed by atoms with van der Waals surface area (Å²) in [4.78, 5) is 12.9. The highest BCUT2D eigenvalue weighted by atomic mass is 16.6. The molecule has 1 aliphatic heterocycles. The van der Waals surface area contributed by atoms with Crippen LogP contribution < -0.4 is 5.32 Å². The summed E-state index contributed by atoms with van der Waals surface area (Å²) in [6, 6.07) is 8.43. The Bertz CT molecular complexity index is 1010. The average molecular weight is 413 g/mol. The third-order valence-corrected chi connectivity index (χ3v) is 5.43. The number of imidazole rings is 1. The van der Waals surface area contributed by atoms with Gasteiger partial charge in [0.25, 0.3) is 0 Å². The monoisotopic (exact) mass is 413 g/mol. The van der Waals surface area contributed by atoms with Gasteiger partial charge in [-0.15, -0.1) is 0 Å². The lowest BCUT2D eigenvalue weighted by atomic mass is 9.87. The molecule has 4 atom stereocenters. The molecule has 1 saturated heterocycles. The van der Waals surface area contributed by atoms with Crippen LogP contribution in [0.4, 0.5) is 5.82 Å². The highest BCUT2D eigenvalue weighted by molar-refractivity contribution is 5.82. The minimum Gasteiger partial charge on any atom is -0.394 e. The first-order valence-corrected chi connectivity index (χ1v) is 9.93. The van der Waals surface area contributed by atoms with E-state index in [-0.39, 0.29) is 5.41 Å². The fourth-order valence-corrected chi connectivity index (χ4v) is 3.59. The van der Waals surface area contributed by atoms with Crippen LogP contribution >= 0.6 is 0 Å². The van der Waals surface area contributed by atoms with Gasteiger partial charge >= 0.3 is 0 Å². The zero-order valence-corrected chi connectivity index (χ0v) is 17.2. The quantitative estimate of drug-likeness (QED) is 0.494. The van der Waals surface area contributed by atoms with E-state index in [2.05, 4.69) is 65.3 Å². The van der Waals surface area contributed by atoms with Gasteiger partial charge in [0.05, 0.1) is 12.9 Å². The molecule has 1 fully saturated rings. The summed E-state index contributed by atoms with van der Waals surface area (Å²) in [5.41, 5.74) is 3.48. The molecule has 9 nitrogen and oxygen atoms in total. The molecule has 1 aromatic carbocycles. The molecular weight excluding hydrogens is 386 g/mol. The Morgan fingerprint density at radius 2 is 1.80 bits per heavy atom. The minimum absolute atomic E-state index is 0.104. The molecule has 3 heterocycles. The standard InChI is InChI=1S/C21H27N5O4/c1-21(2,3)13-6-4-12(5-7-13)8-22-18-15-19(24-10-23-18)26(11-25-15)20-17(29)16(28)14(9-27)30-20/h4-7,10-11,14,16-17,20,27-29H,8-9H2,1-3H3,(H,22,23,24)/t14-,16-,17-,20-/m1/s1. The van der Waals surface area contributed by atoms with Gasteiger partial charge in [-0.25, -0.2) is 15.0 Å². The second-order valence-electron chi connectivity index (χ2n) is 8.58. The van der Waals surface area contributed by atoms with E-state index in [0.29, 0.717) is 23.5 Å². The van der Waals surface area contributed by atoms with E-state index in [1.807, 2.05) is 0 Å². The Hall–Kier alpha value is -2.59. The van der Waals surface area contributed by atoms with Gasteiger partial charge < -0.3 is 25.4 Å². The molecular formula is C21H27N5O4. The normalized spacial score (nSPS) is 24.5. The highest BCUT2D eigenvalue weighted by Crippen LogP contribution is 2.32. The van der Waals surface area contributed by atoms with Crippen LogP contribution in [0.5, 0.6) is 0 Å². The van der Waals surface area contributed by atoms with Crippen LogP contribution in [0.3, 0.4) is 0 Å².